The van der Waals surface area contributed by atoms with Crippen molar-refractivity contribution in [2.45, 2.75) is 65.0 Å². The summed E-state index contributed by atoms with van der Waals surface area (Å²) in [7, 11) is 0. The van der Waals surface area contributed by atoms with Gasteiger partial charge in [0.05, 0.1) is 11.0 Å². The van der Waals surface area contributed by atoms with Crippen LogP contribution in [0, 0.1) is 18.7 Å². The molecule has 2 N–H and O–H groups in total. The van der Waals surface area contributed by atoms with E-state index in [1.807, 2.05) is 29.7 Å². The van der Waals surface area contributed by atoms with Crippen molar-refractivity contribution in [3.8, 4) is 0 Å². The smallest absolute Gasteiger partial charge is 0.414 e. The Morgan fingerprint density at radius 2 is 1.66 bits per heavy atom. The van der Waals surface area contributed by atoms with Crippen molar-refractivity contribution in [3.05, 3.63) is 93.2 Å². The summed E-state index contributed by atoms with van der Waals surface area (Å²) < 4.78 is 17.7. The van der Waals surface area contributed by atoms with Gasteiger partial charge in [0, 0.05) is 43.7 Å². The van der Waals surface area contributed by atoms with Gasteiger partial charge in [0.15, 0.2) is 0 Å². The summed E-state index contributed by atoms with van der Waals surface area (Å²) in [6.45, 7) is 6.50. The minimum Gasteiger partial charge on any atom is -0.473 e. The first-order chi connectivity index (χ1) is 21.2. The van der Waals surface area contributed by atoms with E-state index in [0.29, 0.717) is 12.5 Å². The molecule has 0 unspecified atom stereocenters. The molecule has 2 aliphatic rings. The van der Waals surface area contributed by atoms with Crippen molar-refractivity contribution >= 4 is 23.0 Å². The second-order valence-electron chi connectivity index (χ2n) is 11.6. The van der Waals surface area contributed by atoms with Gasteiger partial charge in [-0.15, -0.1) is 0 Å². The van der Waals surface area contributed by atoms with Crippen LogP contribution in [0.2, 0.25) is 0 Å². The van der Waals surface area contributed by atoms with E-state index in [9.17, 15) is 9.18 Å². The average molecular weight is 604 g/mol. The Bertz CT molecular complexity index is 1680. The zero-order valence-electron chi connectivity index (χ0n) is 24.9. The van der Waals surface area contributed by atoms with Crippen molar-refractivity contribution < 1.29 is 24.2 Å². The Kier molecular flexibility index (Phi) is 9.84. The summed E-state index contributed by atoms with van der Waals surface area (Å²) in [5, 5.41) is 14.8. The maximum atomic E-state index is 13.5. The number of hydrogen-bond donors (Lipinski definition) is 2. The second kappa shape index (κ2) is 13.9. The Hall–Kier alpha value is -4.38. The van der Waals surface area contributed by atoms with E-state index in [-0.39, 0.29) is 11.4 Å². The van der Waals surface area contributed by atoms with Crippen LogP contribution in [0.3, 0.4) is 0 Å². The summed E-state index contributed by atoms with van der Waals surface area (Å²) in [6.07, 6.45) is 7.09. The molecular weight excluding hydrogens is 565 g/mol. The van der Waals surface area contributed by atoms with Crippen LogP contribution in [0.1, 0.15) is 54.2 Å². The lowest BCUT2D eigenvalue weighted by atomic mass is 9.93. The minimum absolute atomic E-state index is 0.183. The molecule has 11 heteroatoms. The van der Waals surface area contributed by atoms with Crippen LogP contribution in [-0.2, 0) is 41.9 Å². The van der Waals surface area contributed by atoms with Crippen LogP contribution in [0.4, 0.5) is 4.39 Å². The van der Waals surface area contributed by atoms with Gasteiger partial charge in [0.1, 0.15) is 17.5 Å². The Balaban J connectivity index is 0.000000584. The molecule has 6 rings (SSSR count). The van der Waals surface area contributed by atoms with Crippen LogP contribution in [0.25, 0.3) is 11.0 Å². The van der Waals surface area contributed by atoms with E-state index in [0.717, 1.165) is 111 Å². The molecule has 0 radical (unpaired) electrons. The fourth-order valence-corrected chi connectivity index (χ4v) is 6.19. The van der Waals surface area contributed by atoms with E-state index in [2.05, 4.69) is 27.7 Å². The van der Waals surface area contributed by atoms with E-state index in [4.69, 9.17) is 29.8 Å². The third-order valence-corrected chi connectivity index (χ3v) is 8.61. The van der Waals surface area contributed by atoms with Crippen molar-refractivity contribution in [2.75, 3.05) is 19.6 Å². The molecule has 232 valence electrons. The number of halogens is 1. The fraction of sp³-hybridized carbons (Fsp3) is 0.424. The highest BCUT2D eigenvalue weighted by Crippen LogP contribution is 2.25. The van der Waals surface area contributed by atoms with Gasteiger partial charge in [0.25, 0.3) is 5.56 Å². The largest absolute Gasteiger partial charge is 0.473 e. The number of piperidine rings is 1. The Morgan fingerprint density at radius 1 is 0.955 bits per heavy atom. The molecule has 2 aliphatic heterocycles. The highest BCUT2D eigenvalue weighted by Gasteiger charge is 2.23. The SMILES string of the molecule is Cc1nc2n(c(=O)c1CCN1CCC(Cc3nc4ccccc4n3Cc3ccc(F)cc3)CC1)CCCC2.O=C(O)C(=O)O. The van der Waals surface area contributed by atoms with Crippen molar-refractivity contribution in [3.63, 3.8) is 0 Å². The third-order valence-electron chi connectivity index (χ3n) is 8.61. The number of likely N-dealkylation sites (tertiary alicyclic amines) is 1. The Labute approximate surface area is 254 Å². The molecule has 0 aliphatic carbocycles. The fourth-order valence-electron chi connectivity index (χ4n) is 6.19. The molecule has 0 amide bonds. The molecule has 4 aromatic rings. The van der Waals surface area contributed by atoms with Gasteiger partial charge in [-0.05, 0) is 87.9 Å². The van der Waals surface area contributed by atoms with Crippen LogP contribution < -0.4 is 5.56 Å². The van der Waals surface area contributed by atoms with Gasteiger partial charge in [0.2, 0.25) is 0 Å². The molecule has 44 heavy (non-hydrogen) atoms. The average Bonchev–Trinajstić information content (AvgIpc) is 3.35. The lowest BCUT2D eigenvalue weighted by Crippen LogP contribution is -2.38. The van der Waals surface area contributed by atoms with Gasteiger partial charge in [-0.25, -0.2) is 23.9 Å². The predicted octanol–water partition coefficient (Wildman–Crippen LogP) is 4.08. The molecule has 0 atom stereocenters. The number of aliphatic carboxylic acids is 2. The van der Waals surface area contributed by atoms with E-state index < -0.39 is 11.9 Å². The first-order valence-corrected chi connectivity index (χ1v) is 15.2. The van der Waals surface area contributed by atoms with E-state index in [1.54, 1.807) is 0 Å². The number of carbonyl (C=O) groups is 2. The lowest BCUT2D eigenvalue weighted by Gasteiger charge is -2.32. The summed E-state index contributed by atoms with van der Waals surface area (Å²) >= 11 is 0. The molecule has 0 bridgehead atoms. The number of aromatic nitrogens is 4. The number of imidazole rings is 1. The highest BCUT2D eigenvalue weighted by atomic mass is 19.1. The molecule has 1 saturated heterocycles. The van der Waals surface area contributed by atoms with E-state index >= 15 is 0 Å². The number of carboxylic acids is 2. The van der Waals surface area contributed by atoms with Gasteiger partial charge < -0.3 is 19.7 Å². The maximum absolute atomic E-state index is 13.5. The normalized spacial score (nSPS) is 15.4. The number of aryl methyl sites for hydroxylation is 2. The third kappa shape index (κ3) is 7.39. The first kappa shape index (κ1) is 31.1. The number of rotatable bonds is 7. The summed E-state index contributed by atoms with van der Waals surface area (Å²) in [5.74, 6) is -1.20. The predicted molar refractivity (Wildman–Crippen MR) is 163 cm³/mol. The summed E-state index contributed by atoms with van der Waals surface area (Å²) in [5.41, 5.74) is 5.22. The quantitative estimate of drug-likeness (QED) is 0.302. The van der Waals surface area contributed by atoms with Gasteiger partial charge in [-0.2, -0.15) is 0 Å². The van der Waals surface area contributed by atoms with Gasteiger partial charge >= 0.3 is 11.9 Å². The molecule has 1 fully saturated rings. The molecule has 4 heterocycles. The summed E-state index contributed by atoms with van der Waals surface area (Å²) in [6, 6.07) is 15.1. The zero-order valence-corrected chi connectivity index (χ0v) is 24.9. The Morgan fingerprint density at radius 3 is 2.36 bits per heavy atom. The topological polar surface area (TPSA) is 131 Å². The lowest BCUT2D eigenvalue weighted by molar-refractivity contribution is -0.159. The standard InChI is InChI=1S/C31H36FN5O.C2H2O4/c1-22-26(31(38)36-16-5-4-8-29(36)33-22)15-19-35-17-13-23(14-18-35)20-30-34-27-6-2-3-7-28(27)37(30)21-24-9-11-25(32)12-10-24;3-1(4)2(5)6/h2-3,6-7,9-12,23H,4-5,8,13-21H2,1H3;(H,3,4)(H,5,6). The molecular formula is C33H38FN5O5. The van der Waals surface area contributed by atoms with Crippen LogP contribution in [0.5, 0.6) is 0 Å². The van der Waals surface area contributed by atoms with Gasteiger partial charge in [-0.3, -0.25) is 9.36 Å². The second-order valence-corrected chi connectivity index (χ2v) is 11.6. The first-order valence-electron chi connectivity index (χ1n) is 15.2. The van der Waals surface area contributed by atoms with Crippen LogP contribution in [0.15, 0.2) is 53.3 Å². The molecule has 10 nitrogen and oxygen atoms in total. The highest BCUT2D eigenvalue weighted by molar-refractivity contribution is 6.27. The maximum Gasteiger partial charge on any atom is 0.414 e. The zero-order chi connectivity index (χ0) is 31.2. The number of para-hydroxylation sites is 2. The van der Waals surface area contributed by atoms with Crippen LogP contribution in [-0.4, -0.2) is 65.8 Å². The van der Waals surface area contributed by atoms with Crippen molar-refractivity contribution in [1.82, 2.24) is 24.0 Å². The number of carboxylic acid groups (broad SMARTS) is 2. The van der Waals surface area contributed by atoms with E-state index in [1.165, 1.54) is 12.1 Å². The van der Waals surface area contributed by atoms with Crippen molar-refractivity contribution in [1.29, 1.82) is 0 Å². The molecule has 0 spiro atoms. The summed E-state index contributed by atoms with van der Waals surface area (Å²) in [4.78, 5) is 43.6. The molecule has 2 aromatic heterocycles. The van der Waals surface area contributed by atoms with Crippen molar-refractivity contribution in [2.24, 2.45) is 5.92 Å². The number of benzene rings is 2. The number of fused-ring (bicyclic) bond motifs is 2. The number of nitrogens with zero attached hydrogens (tertiary/aromatic N) is 5. The molecule has 2 aromatic carbocycles. The monoisotopic (exact) mass is 603 g/mol. The van der Waals surface area contributed by atoms with Crippen LogP contribution >= 0.6 is 0 Å². The van der Waals surface area contributed by atoms with Gasteiger partial charge in [-0.1, -0.05) is 24.3 Å². The number of hydrogen-bond acceptors (Lipinski definition) is 6. The minimum atomic E-state index is -1.82. The molecule has 0 saturated carbocycles.